The van der Waals surface area contributed by atoms with Crippen molar-refractivity contribution in [3.63, 3.8) is 0 Å². The Bertz CT molecular complexity index is 846. The van der Waals surface area contributed by atoms with Crippen LogP contribution in [0.2, 0.25) is 10.2 Å². The summed E-state index contributed by atoms with van der Waals surface area (Å²) >= 11 is 11.9. The summed E-state index contributed by atoms with van der Waals surface area (Å²) in [5.74, 6) is 0.244. The van der Waals surface area contributed by atoms with Crippen LogP contribution in [0, 0.1) is 0 Å². The summed E-state index contributed by atoms with van der Waals surface area (Å²) in [6.45, 7) is 0. The second kappa shape index (κ2) is 5.41. The molecular formula is C15H7Cl2F3N2. The van der Waals surface area contributed by atoms with Crippen LogP contribution in [0.15, 0.2) is 42.5 Å². The summed E-state index contributed by atoms with van der Waals surface area (Å²) in [4.78, 5) is 8.29. The summed E-state index contributed by atoms with van der Waals surface area (Å²) < 4.78 is 38.4. The Morgan fingerprint density at radius 1 is 0.864 bits per heavy atom. The van der Waals surface area contributed by atoms with Crippen molar-refractivity contribution in [2.45, 2.75) is 6.18 Å². The van der Waals surface area contributed by atoms with E-state index in [0.717, 1.165) is 12.1 Å². The van der Waals surface area contributed by atoms with Crippen molar-refractivity contribution in [2.24, 2.45) is 0 Å². The highest BCUT2D eigenvalue weighted by molar-refractivity contribution is 6.34. The van der Waals surface area contributed by atoms with Crippen molar-refractivity contribution >= 4 is 34.1 Å². The lowest BCUT2D eigenvalue weighted by molar-refractivity contribution is -0.137. The molecule has 3 aromatic rings. The minimum atomic E-state index is -4.44. The zero-order valence-corrected chi connectivity index (χ0v) is 12.3. The fraction of sp³-hybridized carbons (Fsp3) is 0.0667. The van der Waals surface area contributed by atoms with E-state index in [4.69, 9.17) is 23.2 Å². The van der Waals surface area contributed by atoms with Crippen LogP contribution in [0.3, 0.4) is 0 Å². The highest BCUT2D eigenvalue weighted by Gasteiger charge is 2.30. The fourth-order valence-corrected chi connectivity index (χ4v) is 2.36. The Labute approximate surface area is 133 Å². The fourth-order valence-electron chi connectivity index (χ4n) is 2.00. The molecule has 0 radical (unpaired) electrons. The molecule has 0 aliphatic rings. The van der Waals surface area contributed by atoms with E-state index in [1.54, 1.807) is 24.3 Å². The Morgan fingerprint density at radius 3 is 2.18 bits per heavy atom. The Balaban J connectivity index is 2.19. The van der Waals surface area contributed by atoms with Gasteiger partial charge in [0.05, 0.1) is 11.1 Å². The van der Waals surface area contributed by atoms with Crippen molar-refractivity contribution in [2.75, 3.05) is 0 Å². The maximum Gasteiger partial charge on any atom is 0.416 e. The average molecular weight is 343 g/mol. The van der Waals surface area contributed by atoms with Gasteiger partial charge in [-0.05, 0) is 42.5 Å². The lowest BCUT2D eigenvalue weighted by atomic mass is 10.1. The van der Waals surface area contributed by atoms with Gasteiger partial charge in [-0.2, -0.15) is 13.2 Å². The van der Waals surface area contributed by atoms with E-state index < -0.39 is 11.7 Å². The number of aromatic nitrogens is 2. The van der Waals surface area contributed by atoms with E-state index in [9.17, 15) is 13.2 Å². The number of fused-ring (bicyclic) bond motifs is 1. The van der Waals surface area contributed by atoms with Crippen LogP contribution >= 0.6 is 23.2 Å². The minimum absolute atomic E-state index is 0.101. The van der Waals surface area contributed by atoms with E-state index >= 15 is 0 Å². The second-order valence-corrected chi connectivity index (χ2v) is 5.37. The third-order valence-electron chi connectivity index (χ3n) is 3.08. The first-order chi connectivity index (χ1) is 10.3. The first kappa shape index (κ1) is 15.1. The van der Waals surface area contributed by atoms with Gasteiger partial charge in [0.15, 0.2) is 5.82 Å². The van der Waals surface area contributed by atoms with Crippen LogP contribution in [-0.2, 0) is 6.18 Å². The van der Waals surface area contributed by atoms with Gasteiger partial charge in [-0.15, -0.1) is 0 Å². The molecule has 1 heterocycles. The van der Waals surface area contributed by atoms with Crippen molar-refractivity contribution in [1.82, 2.24) is 9.97 Å². The molecule has 0 aliphatic carbocycles. The molecular weight excluding hydrogens is 336 g/mol. The Kier molecular flexibility index (Phi) is 3.70. The minimum Gasteiger partial charge on any atom is -0.228 e. The second-order valence-electron chi connectivity index (χ2n) is 4.57. The molecule has 22 heavy (non-hydrogen) atoms. The predicted octanol–water partition coefficient (Wildman–Crippen LogP) is 5.62. The van der Waals surface area contributed by atoms with Gasteiger partial charge in [-0.25, -0.2) is 9.97 Å². The van der Waals surface area contributed by atoms with Crippen molar-refractivity contribution in [3.05, 3.63) is 58.2 Å². The van der Waals surface area contributed by atoms with Crippen molar-refractivity contribution in [3.8, 4) is 11.4 Å². The Morgan fingerprint density at radius 2 is 1.55 bits per heavy atom. The molecule has 3 rings (SSSR count). The number of hydrogen-bond acceptors (Lipinski definition) is 2. The third kappa shape index (κ3) is 2.87. The average Bonchev–Trinajstić information content (AvgIpc) is 2.46. The van der Waals surface area contributed by atoms with Gasteiger partial charge in [-0.1, -0.05) is 23.2 Å². The quantitative estimate of drug-likeness (QED) is 0.536. The SMILES string of the molecule is FC(F)(F)c1ccc2c(Cl)nc(-c3ccc(Cl)cc3)nc2c1. The van der Waals surface area contributed by atoms with Gasteiger partial charge >= 0.3 is 6.18 Å². The van der Waals surface area contributed by atoms with E-state index in [2.05, 4.69) is 9.97 Å². The molecule has 0 aliphatic heterocycles. The number of hydrogen-bond donors (Lipinski definition) is 0. The summed E-state index contributed by atoms with van der Waals surface area (Å²) in [5, 5.41) is 1.01. The first-order valence-corrected chi connectivity index (χ1v) is 6.90. The van der Waals surface area contributed by atoms with Gasteiger partial charge in [0.2, 0.25) is 0 Å². The maximum atomic E-state index is 12.8. The molecule has 0 amide bonds. The summed E-state index contributed by atoms with van der Waals surface area (Å²) in [7, 11) is 0. The van der Waals surface area contributed by atoms with E-state index in [1.165, 1.54) is 6.07 Å². The zero-order valence-electron chi connectivity index (χ0n) is 10.8. The lowest BCUT2D eigenvalue weighted by Gasteiger charge is -2.09. The van der Waals surface area contributed by atoms with E-state index in [0.29, 0.717) is 16.0 Å². The molecule has 0 N–H and O–H groups in total. The van der Waals surface area contributed by atoms with Crippen molar-refractivity contribution < 1.29 is 13.2 Å². The number of nitrogens with zero attached hydrogens (tertiary/aromatic N) is 2. The third-order valence-corrected chi connectivity index (χ3v) is 3.62. The van der Waals surface area contributed by atoms with Gasteiger partial charge in [0, 0.05) is 16.0 Å². The molecule has 0 saturated heterocycles. The first-order valence-electron chi connectivity index (χ1n) is 6.15. The molecule has 0 saturated carbocycles. The van der Waals surface area contributed by atoms with E-state index in [-0.39, 0.29) is 16.5 Å². The number of benzene rings is 2. The highest BCUT2D eigenvalue weighted by atomic mass is 35.5. The molecule has 2 nitrogen and oxygen atoms in total. The number of rotatable bonds is 1. The molecule has 0 fully saturated rings. The lowest BCUT2D eigenvalue weighted by Crippen LogP contribution is -2.05. The van der Waals surface area contributed by atoms with E-state index in [1.807, 2.05) is 0 Å². The standard InChI is InChI=1S/C15H7Cl2F3N2/c16-10-4-1-8(2-5-10)14-21-12-7-9(15(18,19)20)3-6-11(12)13(17)22-14/h1-7H. The van der Waals surface area contributed by atoms with Crippen LogP contribution in [-0.4, -0.2) is 9.97 Å². The molecule has 0 atom stereocenters. The van der Waals surface area contributed by atoms with Gasteiger partial charge < -0.3 is 0 Å². The monoisotopic (exact) mass is 342 g/mol. The molecule has 112 valence electrons. The summed E-state index contributed by atoms with van der Waals surface area (Å²) in [5.41, 5.74) is -0.0257. The highest BCUT2D eigenvalue weighted by Crippen LogP contribution is 2.33. The molecule has 0 unspecified atom stereocenters. The molecule has 2 aromatic carbocycles. The maximum absolute atomic E-state index is 12.8. The molecule has 0 bridgehead atoms. The largest absolute Gasteiger partial charge is 0.416 e. The summed E-state index contributed by atoms with van der Waals surface area (Å²) in [6, 6.07) is 9.82. The molecule has 1 aromatic heterocycles. The molecule has 7 heteroatoms. The van der Waals surface area contributed by atoms with Gasteiger partial charge in [-0.3, -0.25) is 0 Å². The number of halogens is 5. The van der Waals surface area contributed by atoms with Crippen LogP contribution in [0.5, 0.6) is 0 Å². The zero-order chi connectivity index (χ0) is 15.9. The van der Waals surface area contributed by atoms with Crippen LogP contribution < -0.4 is 0 Å². The van der Waals surface area contributed by atoms with Gasteiger partial charge in [0.1, 0.15) is 5.15 Å². The van der Waals surface area contributed by atoms with Crippen LogP contribution in [0.25, 0.3) is 22.3 Å². The summed E-state index contributed by atoms with van der Waals surface area (Å²) in [6.07, 6.45) is -4.44. The Hall–Kier alpha value is -1.85. The van der Waals surface area contributed by atoms with Gasteiger partial charge in [0.25, 0.3) is 0 Å². The molecule has 0 spiro atoms. The smallest absolute Gasteiger partial charge is 0.228 e. The van der Waals surface area contributed by atoms with Crippen molar-refractivity contribution in [1.29, 1.82) is 0 Å². The topological polar surface area (TPSA) is 25.8 Å². The predicted molar refractivity (Wildman–Crippen MR) is 80.0 cm³/mol. The van der Waals surface area contributed by atoms with Crippen LogP contribution in [0.1, 0.15) is 5.56 Å². The van der Waals surface area contributed by atoms with Crippen LogP contribution in [0.4, 0.5) is 13.2 Å². The number of alkyl halides is 3. The normalized spacial score (nSPS) is 11.9.